The smallest absolute Gasteiger partial charge is 0.129 e. The van der Waals surface area contributed by atoms with E-state index >= 15 is 0 Å². The SMILES string of the molecule is Cc1c2ccncc2cc2c3c(OCCCN4CCN(C)CC4)cccc3n(C)c12. The molecule has 5 rings (SSSR count). The average Bonchev–Trinajstić information content (AvgIpc) is 3.06. The highest BCUT2D eigenvalue weighted by Crippen LogP contribution is 2.39. The van der Waals surface area contributed by atoms with Crippen LogP contribution in [0, 0.1) is 6.92 Å². The Hall–Kier alpha value is -2.63. The van der Waals surface area contributed by atoms with Gasteiger partial charge in [-0.2, -0.15) is 0 Å². The van der Waals surface area contributed by atoms with E-state index in [9.17, 15) is 0 Å². The Morgan fingerprint density at radius 3 is 2.70 bits per heavy atom. The highest BCUT2D eigenvalue weighted by molar-refractivity contribution is 6.16. The van der Waals surface area contributed by atoms with Crippen molar-refractivity contribution in [2.75, 3.05) is 46.4 Å². The van der Waals surface area contributed by atoms with E-state index in [0.717, 1.165) is 38.4 Å². The quantitative estimate of drug-likeness (QED) is 0.469. The summed E-state index contributed by atoms with van der Waals surface area (Å²) in [5.74, 6) is 0.985. The van der Waals surface area contributed by atoms with Gasteiger partial charge in [-0.05, 0) is 55.6 Å². The Bertz CT molecular complexity index is 1200. The van der Waals surface area contributed by atoms with Crippen LogP contribution in [0.4, 0.5) is 0 Å². The molecule has 0 radical (unpaired) electrons. The first-order valence-electron chi connectivity index (χ1n) is 10.9. The molecule has 156 valence electrons. The number of likely N-dealkylation sites (N-methyl/N-ethyl adjacent to an activating group) is 1. The normalized spacial score (nSPS) is 16.1. The van der Waals surface area contributed by atoms with E-state index in [1.165, 1.54) is 51.2 Å². The lowest BCUT2D eigenvalue weighted by molar-refractivity contribution is 0.145. The molecule has 1 aliphatic heterocycles. The van der Waals surface area contributed by atoms with Crippen LogP contribution in [0.5, 0.6) is 5.75 Å². The van der Waals surface area contributed by atoms with Gasteiger partial charge in [-0.1, -0.05) is 6.07 Å². The summed E-state index contributed by atoms with van der Waals surface area (Å²) >= 11 is 0. The number of benzene rings is 2. The van der Waals surface area contributed by atoms with Crippen LogP contribution < -0.4 is 4.74 Å². The number of nitrogens with zero attached hydrogens (tertiary/aromatic N) is 4. The van der Waals surface area contributed by atoms with Crippen molar-refractivity contribution in [3.05, 3.63) is 48.3 Å². The van der Waals surface area contributed by atoms with Gasteiger partial charge >= 0.3 is 0 Å². The predicted octanol–water partition coefficient (Wildman–Crippen LogP) is 4.20. The maximum atomic E-state index is 6.34. The van der Waals surface area contributed by atoms with Crippen molar-refractivity contribution in [3.8, 4) is 5.75 Å². The van der Waals surface area contributed by atoms with E-state index in [2.05, 4.69) is 70.7 Å². The van der Waals surface area contributed by atoms with Crippen LogP contribution in [0.15, 0.2) is 42.7 Å². The fourth-order valence-electron chi connectivity index (χ4n) is 4.89. The van der Waals surface area contributed by atoms with Crippen LogP contribution in [-0.2, 0) is 7.05 Å². The monoisotopic (exact) mass is 402 g/mol. The van der Waals surface area contributed by atoms with Crippen LogP contribution >= 0.6 is 0 Å². The molecule has 0 saturated carbocycles. The van der Waals surface area contributed by atoms with E-state index in [1.807, 2.05) is 12.4 Å². The number of aromatic nitrogens is 2. The molecular weight excluding hydrogens is 372 g/mol. The summed E-state index contributed by atoms with van der Waals surface area (Å²) in [4.78, 5) is 9.28. The molecule has 0 unspecified atom stereocenters. The van der Waals surface area contributed by atoms with Crippen LogP contribution in [-0.4, -0.2) is 65.7 Å². The lowest BCUT2D eigenvalue weighted by atomic mass is 10.0. The molecule has 0 N–H and O–H groups in total. The Morgan fingerprint density at radius 1 is 1.03 bits per heavy atom. The van der Waals surface area contributed by atoms with Gasteiger partial charge in [-0.15, -0.1) is 0 Å². The second-order valence-corrected chi connectivity index (χ2v) is 8.55. The van der Waals surface area contributed by atoms with E-state index in [4.69, 9.17) is 4.74 Å². The lowest BCUT2D eigenvalue weighted by Crippen LogP contribution is -2.44. The topological polar surface area (TPSA) is 33.5 Å². The Balaban J connectivity index is 1.44. The second kappa shape index (κ2) is 7.89. The molecule has 2 aromatic heterocycles. The summed E-state index contributed by atoms with van der Waals surface area (Å²) in [6.07, 6.45) is 4.88. The van der Waals surface area contributed by atoms with Crippen molar-refractivity contribution in [2.24, 2.45) is 7.05 Å². The lowest BCUT2D eigenvalue weighted by Gasteiger charge is -2.32. The number of hydrogen-bond donors (Lipinski definition) is 0. The molecule has 3 heterocycles. The van der Waals surface area contributed by atoms with Gasteiger partial charge in [0.05, 0.1) is 17.6 Å². The Kier molecular flexibility index (Phi) is 5.09. The minimum absolute atomic E-state index is 0.746. The number of pyridine rings is 1. The van der Waals surface area contributed by atoms with Crippen molar-refractivity contribution in [3.63, 3.8) is 0 Å². The van der Waals surface area contributed by atoms with Gasteiger partial charge in [0, 0.05) is 68.3 Å². The summed E-state index contributed by atoms with van der Waals surface area (Å²) in [6.45, 7) is 8.72. The fourth-order valence-corrected chi connectivity index (χ4v) is 4.89. The molecule has 30 heavy (non-hydrogen) atoms. The van der Waals surface area contributed by atoms with E-state index in [1.54, 1.807) is 0 Å². The van der Waals surface area contributed by atoms with Gasteiger partial charge in [0.15, 0.2) is 0 Å². The summed E-state index contributed by atoms with van der Waals surface area (Å²) in [6, 6.07) is 10.8. The second-order valence-electron chi connectivity index (χ2n) is 8.55. The van der Waals surface area contributed by atoms with E-state index in [0.29, 0.717) is 0 Å². The van der Waals surface area contributed by atoms with Crippen LogP contribution in [0.2, 0.25) is 0 Å². The van der Waals surface area contributed by atoms with Gasteiger partial charge in [0.1, 0.15) is 5.75 Å². The number of rotatable bonds is 5. The van der Waals surface area contributed by atoms with Gasteiger partial charge in [-0.3, -0.25) is 4.98 Å². The highest BCUT2D eigenvalue weighted by Gasteiger charge is 2.17. The molecule has 1 aliphatic rings. The third kappa shape index (κ3) is 3.32. The van der Waals surface area contributed by atoms with Crippen molar-refractivity contribution in [1.29, 1.82) is 0 Å². The zero-order valence-electron chi connectivity index (χ0n) is 18.2. The van der Waals surface area contributed by atoms with Gasteiger partial charge in [-0.25, -0.2) is 0 Å². The van der Waals surface area contributed by atoms with Crippen molar-refractivity contribution >= 4 is 32.6 Å². The third-order valence-corrected chi connectivity index (χ3v) is 6.61. The van der Waals surface area contributed by atoms with Gasteiger partial charge in [0.25, 0.3) is 0 Å². The predicted molar refractivity (Wildman–Crippen MR) is 125 cm³/mol. The fraction of sp³-hybridized carbons (Fsp3) is 0.400. The first-order valence-corrected chi connectivity index (χ1v) is 10.9. The molecule has 0 spiro atoms. The molecule has 5 heteroatoms. The van der Waals surface area contributed by atoms with E-state index in [-0.39, 0.29) is 0 Å². The summed E-state index contributed by atoms with van der Waals surface area (Å²) < 4.78 is 8.64. The Morgan fingerprint density at radius 2 is 1.87 bits per heavy atom. The average molecular weight is 403 g/mol. The highest BCUT2D eigenvalue weighted by atomic mass is 16.5. The molecule has 0 amide bonds. The van der Waals surface area contributed by atoms with Gasteiger partial charge in [0.2, 0.25) is 0 Å². The minimum atomic E-state index is 0.746. The summed E-state index contributed by atoms with van der Waals surface area (Å²) in [5.41, 5.74) is 3.79. The Labute approximate surface area is 177 Å². The zero-order chi connectivity index (χ0) is 20.7. The van der Waals surface area contributed by atoms with Crippen LogP contribution in [0.1, 0.15) is 12.0 Å². The molecule has 4 aromatic rings. The van der Waals surface area contributed by atoms with Crippen molar-refractivity contribution < 1.29 is 4.74 Å². The van der Waals surface area contributed by atoms with Crippen LogP contribution in [0.25, 0.3) is 32.6 Å². The van der Waals surface area contributed by atoms with E-state index < -0.39 is 0 Å². The largest absolute Gasteiger partial charge is 0.493 e. The molecule has 5 nitrogen and oxygen atoms in total. The standard InChI is InChI=1S/C25H30N4O/c1-18-20-8-9-26-17-19(20)16-21-24-22(28(3)25(18)21)6-4-7-23(24)30-15-5-10-29-13-11-27(2)12-14-29/h4,6-9,16-17H,5,10-15H2,1-3H3. The maximum absolute atomic E-state index is 6.34. The number of hydrogen-bond acceptors (Lipinski definition) is 4. The van der Waals surface area contributed by atoms with Crippen molar-refractivity contribution in [2.45, 2.75) is 13.3 Å². The molecule has 1 fully saturated rings. The molecule has 0 bridgehead atoms. The number of piperazine rings is 1. The first kappa shape index (κ1) is 19.3. The molecule has 0 aliphatic carbocycles. The molecule has 0 atom stereocenters. The number of ether oxygens (including phenoxy) is 1. The van der Waals surface area contributed by atoms with Crippen LogP contribution in [0.3, 0.4) is 0 Å². The number of fused-ring (bicyclic) bond motifs is 4. The molecular formula is C25H30N4O. The van der Waals surface area contributed by atoms with Crippen molar-refractivity contribution in [1.82, 2.24) is 19.4 Å². The first-order chi connectivity index (χ1) is 14.6. The summed E-state index contributed by atoms with van der Waals surface area (Å²) in [5, 5.41) is 4.90. The van der Waals surface area contributed by atoms with Gasteiger partial charge < -0.3 is 19.1 Å². The molecule has 2 aromatic carbocycles. The minimum Gasteiger partial charge on any atom is -0.493 e. The summed E-state index contributed by atoms with van der Waals surface area (Å²) in [7, 11) is 4.36. The third-order valence-electron chi connectivity index (χ3n) is 6.61. The number of aryl methyl sites for hydroxylation is 2. The molecule has 1 saturated heterocycles. The zero-order valence-corrected chi connectivity index (χ0v) is 18.2. The maximum Gasteiger partial charge on any atom is 0.129 e.